The van der Waals surface area contributed by atoms with Gasteiger partial charge >= 0.3 is 0 Å². The molecular formula is C14H19NO. The van der Waals surface area contributed by atoms with Crippen LogP contribution in [0.25, 0.3) is 0 Å². The Kier molecular flexibility index (Phi) is 2.99. The highest BCUT2D eigenvalue weighted by molar-refractivity contribution is 5.74. The number of fused-ring (bicyclic) bond motifs is 1. The van der Waals surface area contributed by atoms with Crippen LogP contribution in [-0.4, -0.2) is 17.4 Å². The molecule has 0 aliphatic carbocycles. The smallest absolute Gasteiger partial charge is 0.219 e. The third-order valence-electron chi connectivity index (χ3n) is 3.45. The van der Waals surface area contributed by atoms with Crippen LogP contribution in [0.3, 0.4) is 0 Å². The molecule has 16 heavy (non-hydrogen) atoms. The SMILES string of the molecule is CC[C@H]1c2ccc(C)cc2CCN1C(C)=O. The number of carbonyl (C=O) groups excluding carboxylic acids is 1. The number of nitrogens with zero attached hydrogens (tertiary/aromatic N) is 1. The molecule has 0 spiro atoms. The summed E-state index contributed by atoms with van der Waals surface area (Å²) in [4.78, 5) is 13.6. The standard InChI is InChI=1S/C14H19NO/c1-4-14-13-6-5-10(2)9-12(13)7-8-15(14)11(3)16/h5-6,9,14H,4,7-8H2,1-3H3/t14-/m0/s1. The fraction of sp³-hybridized carbons (Fsp3) is 0.500. The third kappa shape index (κ3) is 1.84. The molecule has 0 saturated carbocycles. The van der Waals surface area contributed by atoms with Gasteiger partial charge in [-0.05, 0) is 30.9 Å². The van der Waals surface area contributed by atoms with Crippen molar-refractivity contribution < 1.29 is 4.79 Å². The van der Waals surface area contributed by atoms with E-state index >= 15 is 0 Å². The molecule has 0 saturated heterocycles. The van der Waals surface area contributed by atoms with Gasteiger partial charge < -0.3 is 4.90 Å². The van der Waals surface area contributed by atoms with E-state index < -0.39 is 0 Å². The van der Waals surface area contributed by atoms with E-state index in [4.69, 9.17) is 0 Å². The number of aryl methyl sites for hydroxylation is 1. The van der Waals surface area contributed by atoms with Gasteiger partial charge in [-0.15, -0.1) is 0 Å². The van der Waals surface area contributed by atoms with Gasteiger partial charge in [-0.2, -0.15) is 0 Å². The fourth-order valence-electron chi connectivity index (χ4n) is 2.66. The molecule has 2 nitrogen and oxygen atoms in total. The zero-order valence-corrected chi connectivity index (χ0v) is 10.3. The van der Waals surface area contributed by atoms with Crippen molar-refractivity contribution >= 4 is 5.91 Å². The van der Waals surface area contributed by atoms with Crippen molar-refractivity contribution in [1.82, 2.24) is 4.90 Å². The number of hydrogen-bond acceptors (Lipinski definition) is 1. The zero-order valence-electron chi connectivity index (χ0n) is 10.3. The summed E-state index contributed by atoms with van der Waals surface area (Å²) < 4.78 is 0. The molecule has 0 radical (unpaired) electrons. The van der Waals surface area contributed by atoms with Crippen LogP contribution >= 0.6 is 0 Å². The first-order valence-corrected chi connectivity index (χ1v) is 6.00. The van der Waals surface area contributed by atoms with Crippen molar-refractivity contribution in [2.24, 2.45) is 0 Å². The van der Waals surface area contributed by atoms with Gasteiger partial charge in [-0.25, -0.2) is 0 Å². The second kappa shape index (κ2) is 4.28. The molecule has 1 aromatic rings. The summed E-state index contributed by atoms with van der Waals surface area (Å²) in [5.41, 5.74) is 4.07. The third-order valence-corrected chi connectivity index (χ3v) is 3.45. The average Bonchev–Trinajstić information content (AvgIpc) is 2.26. The number of benzene rings is 1. The molecule has 2 rings (SSSR count). The van der Waals surface area contributed by atoms with Gasteiger partial charge in [0, 0.05) is 13.5 Å². The van der Waals surface area contributed by atoms with Crippen LogP contribution < -0.4 is 0 Å². The average molecular weight is 217 g/mol. The van der Waals surface area contributed by atoms with E-state index in [9.17, 15) is 4.79 Å². The minimum Gasteiger partial charge on any atom is -0.336 e. The van der Waals surface area contributed by atoms with E-state index in [-0.39, 0.29) is 11.9 Å². The Bertz CT molecular complexity index is 411. The Morgan fingerprint density at radius 1 is 1.50 bits per heavy atom. The van der Waals surface area contributed by atoms with Crippen LogP contribution in [0.2, 0.25) is 0 Å². The van der Waals surface area contributed by atoms with Crippen LogP contribution in [0.4, 0.5) is 0 Å². The van der Waals surface area contributed by atoms with E-state index in [1.54, 1.807) is 6.92 Å². The molecule has 0 unspecified atom stereocenters. The minimum atomic E-state index is 0.193. The molecular weight excluding hydrogens is 198 g/mol. The van der Waals surface area contributed by atoms with Crippen LogP contribution in [0.15, 0.2) is 18.2 Å². The number of hydrogen-bond donors (Lipinski definition) is 0. The maximum absolute atomic E-state index is 11.6. The molecule has 0 fully saturated rings. The van der Waals surface area contributed by atoms with E-state index in [0.29, 0.717) is 0 Å². The highest BCUT2D eigenvalue weighted by Crippen LogP contribution is 2.32. The number of amides is 1. The normalized spacial score (nSPS) is 19.4. The van der Waals surface area contributed by atoms with Gasteiger partial charge in [0.1, 0.15) is 0 Å². The summed E-state index contributed by atoms with van der Waals surface area (Å²) >= 11 is 0. The lowest BCUT2D eigenvalue weighted by Crippen LogP contribution is -2.38. The fourth-order valence-corrected chi connectivity index (χ4v) is 2.66. The molecule has 1 atom stereocenters. The Labute approximate surface area is 97.3 Å². The first-order valence-electron chi connectivity index (χ1n) is 6.00. The van der Waals surface area contributed by atoms with Crippen LogP contribution in [0.5, 0.6) is 0 Å². The molecule has 1 heterocycles. The lowest BCUT2D eigenvalue weighted by Gasteiger charge is -2.36. The van der Waals surface area contributed by atoms with E-state index in [1.807, 2.05) is 4.90 Å². The Hall–Kier alpha value is -1.31. The Morgan fingerprint density at radius 2 is 2.25 bits per heavy atom. The van der Waals surface area contributed by atoms with E-state index in [1.165, 1.54) is 16.7 Å². The van der Waals surface area contributed by atoms with Crippen molar-refractivity contribution in [3.05, 3.63) is 34.9 Å². The first-order chi connectivity index (χ1) is 7.63. The minimum absolute atomic E-state index is 0.193. The predicted molar refractivity (Wildman–Crippen MR) is 65.3 cm³/mol. The first kappa shape index (κ1) is 11.2. The predicted octanol–water partition coefficient (Wildman–Crippen LogP) is 2.85. The van der Waals surface area contributed by atoms with Gasteiger partial charge in [0.25, 0.3) is 0 Å². The summed E-state index contributed by atoms with van der Waals surface area (Å²) in [6.07, 6.45) is 1.99. The molecule has 0 bridgehead atoms. The van der Waals surface area contributed by atoms with Crippen molar-refractivity contribution in [1.29, 1.82) is 0 Å². The lowest BCUT2D eigenvalue weighted by molar-refractivity contribution is -0.131. The number of rotatable bonds is 1. The zero-order chi connectivity index (χ0) is 11.7. The van der Waals surface area contributed by atoms with Gasteiger partial charge in [0.15, 0.2) is 0 Å². The molecule has 1 aliphatic rings. The summed E-state index contributed by atoms with van der Waals surface area (Å²) in [7, 11) is 0. The number of carbonyl (C=O) groups is 1. The maximum Gasteiger partial charge on any atom is 0.219 e. The van der Waals surface area contributed by atoms with E-state index in [2.05, 4.69) is 32.0 Å². The van der Waals surface area contributed by atoms with Crippen molar-refractivity contribution in [3.8, 4) is 0 Å². The van der Waals surface area contributed by atoms with Crippen molar-refractivity contribution in [2.75, 3.05) is 6.54 Å². The van der Waals surface area contributed by atoms with Gasteiger partial charge in [-0.1, -0.05) is 30.7 Å². The topological polar surface area (TPSA) is 20.3 Å². The molecule has 1 aromatic carbocycles. The molecule has 1 amide bonds. The molecule has 86 valence electrons. The highest BCUT2D eigenvalue weighted by Gasteiger charge is 2.27. The van der Waals surface area contributed by atoms with Crippen molar-refractivity contribution in [3.63, 3.8) is 0 Å². The van der Waals surface area contributed by atoms with Crippen LogP contribution in [-0.2, 0) is 11.2 Å². The maximum atomic E-state index is 11.6. The summed E-state index contributed by atoms with van der Waals surface area (Å²) in [5, 5.41) is 0. The summed E-state index contributed by atoms with van der Waals surface area (Å²) in [5.74, 6) is 0.193. The van der Waals surface area contributed by atoms with Crippen LogP contribution in [0, 0.1) is 6.92 Å². The summed E-state index contributed by atoms with van der Waals surface area (Å²) in [6.45, 7) is 6.81. The quantitative estimate of drug-likeness (QED) is 0.708. The molecule has 2 heteroatoms. The second-order valence-electron chi connectivity index (χ2n) is 4.59. The molecule has 0 N–H and O–H groups in total. The lowest BCUT2D eigenvalue weighted by atomic mass is 9.90. The van der Waals surface area contributed by atoms with Crippen LogP contribution in [0.1, 0.15) is 43.0 Å². The molecule has 0 aromatic heterocycles. The Balaban J connectivity index is 2.41. The second-order valence-corrected chi connectivity index (χ2v) is 4.59. The van der Waals surface area contributed by atoms with Gasteiger partial charge in [-0.3, -0.25) is 4.79 Å². The highest BCUT2D eigenvalue weighted by atomic mass is 16.2. The van der Waals surface area contributed by atoms with Crippen molar-refractivity contribution in [2.45, 2.75) is 39.7 Å². The summed E-state index contributed by atoms with van der Waals surface area (Å²) in [6, 6.07) is 6.87. The Morgan fingerprint density at radius 3 is 2.88 bits per heavy atom. The van der Waals surface area contributed by atoms with E-state index in [0.717, 1.165) is 19.4 Å². The van der Waals surface area contributed by atoms with Gasteiger partial charge in [0.2, 0.25) is 5.91 Å². The molecule has 1 aliphatic heterocycles. The monoisotopic (exact) mass is 217 g/mol. The van der Waals surface area contributed by atoms with Gasteiger partial charge in [0.05, 0.1) is 6.04 Å². The largest absolute Gasteiger partial charge is 0.336 e.